The average Bonchev–Trinajstić information content (AvgIpc) is 2.76. The number of aromatic nitrogens is 3. The Kier molecular flexibility index (Phi) is 2.76. The van der Waals surface area contributed by atoms with Crippen LogP contribution in [0.1, 0.15) is 0 Å². The van der Waals surface area contributed by atoms with E-state index in [9.17, 15) is 0 Å². The Morgan fingerprint density at radius 1 is 1.11 bits per heavy atom. The van der Waals surface area contributed by atoms with Crippen molar-refractivity contribution < 1.29 is 4.74 Å². The summed E-state index contributed by atoms with van der Waals surface area (Å²) in [4.78, 5) is 8.53. The van der Waals surface area contributed by atoms with Gasteiger partial charge in [-0.15, -0.1) is 0 Å². The van der Waals surface area contributed by atoms with Crippen molar-refractivity contribution in [3.63, 3.8) is 0 Å². The zero-order chi connectivity index (χ0) is 12.5. The van der Waals surface area contributed by atoms with Crippen molar-refractivity contribution in [1.82, 2.24) is 14.5 Å². The zero-order valence-corrected chi connectivity index (χ0v) is 11.3. The minimum Gasteiger partial charge on any atom is -0.437 e. The van der Waals surface area contributed by atoms with Gasteiger partial charge in [-0.1, -0.05) is 15.9 Å². The summed E-state index contributed by atoms with van der Waals surface area (Å²) in [5.41, 5.74) is 1.76. The van der Waals surface area contributed by atoms with E-state index < -0.39 is 0 Å². The van der Waals surface area contributed by atoms with Crippen molar-refractivity contribution in [1.29, 1.82) is 0 Å². The summed E-state index contributed by atoms with van der Waals surface area (Å²) < 4.78 is 8.70. The van der Waals surface area contributed by atoms with Crippen molar-refractivity contribution in [2.75, 3.05) is 0 Å². The molecule has 0 saturated heterocycles. The normalized spacial score (nSPS) is 10.8. The van der Waals surface area contributed by atoms with Gasteiger partial charge >= 0.3 is 0 Å². The van der Waals surface area contributed by atoms with Crippen LogP contribution >= 0.6 is 15.9 Å². The molecule has 0 bridgehead atoms. The molecule has 0 aliphatic rings. The highest BCUT2D eigenvalue weighted by Gasteiger charge is 2.08. The molecule has 0 spiro atoms. The molecule has 0 radical (unpaired) electrons. The van der Waals surface area contributed by atoms with Gasteiger partial charge in [0.1, 0.15) is 5.75 Å². The molecule has 0 saturated carbocycles. The number of ether oxygens (including phenoxy) is 1. The third kappa shape index (κ3) is 1.97. The Hall–Kier alpha value is -1.88. The first kappa shape index (κ1) is 11.2. The molecule has 3 rings (SSSR count). The summed E-state index contributed by atoms with van der Waals surface area (Å²) in [6, 6.07) is 9.53. The molecule has 0 aliphatic heterocycles. The summed E-state index contributed by atoms with van der Waals surface area (Å²) in [5, 5.41) is 0. The van der Waals surface area contributed by atoms with Gasteiger partial charge in [-0.2, -0.15) is 0 Å². The van der Waals surface area contributed by atoms with Crippen LogP contribution in [0.5, 0.6) is 11.6 Å². The molecule has 18 heavy (non-hydrogen) atoms. The lowest BCUT2D eigenvalue weighted by molar-refractivity contribution is 0.468. The summed E-state index contributed by atoms with van der Waals surface area (Å²) in [6.45, 7) is 0. The fourth-order valence-corrected chi connectivity index (χ4v) is 1.99. The van der Waals surface area contributed by atoms with Gasteiger partial charge in [0.05, 0.1) is 11.8 Å². The van der Waals surface area contributed by atoms with Crippen molar-refractivity contribution in [2.24, 2.45) is 7.05 Å². The molecule has 3 aromatic rings. The van der Waals surface area contributed by atoms with E-state index in [2.05, 4.69) is 25.9 Å². The lowest BCUT2D eigenvalue weighted by atomic mass is 10.3. The van der Waals surface area contributed by atoms with Gasteiger partial charge in [0.25, 0.3) is 0 Å². The topological polar surface area (TPSA) is 39.9 Å². The first-order valence-electron chi connectivity index (χ1n) is 5.43. The molecule has 0 N–H and O–H groups in total. The number of fused-ring (bicyclic) bond motifs is 1. The Bertz CT molecular complexity index is 691. The third-order valence-electron chi connectivity index (χ3n) is 2.64. The minimum absolute atomic E-state index is 0.524. The van der Waals surface area contributed by atoms with Crippen LogP contribution in [0.4, 0.5) is 0 Å². The summed E-state index contributed by atoms with van der Waals surface area (Å²) in [6.07, 6.45) is 3.47. The van der Waals surface area contributed by atoms with Crippen molar-refractivity contribution in [3.05, 3.63) is 47.3 Å². The quantitative estimate of drug-likeness (QED) is 0.727. The highest BCUT2D eigenvalue weighted by molar-refractivity contribution is 9.10. The molecular formula is C13H10BrN3O. The van der Waals surface area contributed by atoms with Gasteiger partial charge in [-0.3, -0.25) is 0 Å². The van der Waals surface area contributed by atoms with Crippen molar-refractivity contribution in [3.8, 4) is 11.6 Å². The minimum atomic E-state index is 0.524. The van der Waals surface area contributed by atoms with E-state index >= 15 is 0 Å². The number of hydrogen-bond donors (Lipinski definition) is 0. The monoisotopic (exact) mass is 303 g/mol. The van der Waals surface area contributed by atoms with Gasteiger partial charge in [-0.25, -0.2) is 9.97 Å². The Labute approximate surface area is 112 Å². The lowest BCUT2D eigenvalue weighted by Gasteiger charge is -2.05. The van der Waals surface area contributed by atoms with Crippen LogP contribution in [0.25, 0.3) is 11.0 Å². The second-order valence-electron chi connectivity index (χ2n) is 3.90. The zero-order valence-electron chi connectivity index (χ0n) is 9.67. The number of aryl methyl sites for hydroxylation is 1. The summed E-state index contributed by atoms with van der Waals surface area (Å²) >= 11 is 3.39. The van der Waals surface area contributed by atoms with Crippen LogP contribution in [0.2, 0.25) is 0 Å². The molecule has 90 valence electrons. The largest absolute Gasteiger partial charge is 0.437 e. The van der Waals surface area contributed by atoms with E-state index in [0.717, 1.165) is 21.3 Å². The van der Waals surface area contributed by atoms with Crippen LogP contribution in [-0.2, 0) is 7.05 Å². The predicted octanol–water partition coefficient (Wildman–Crippen LogP) is 3.52. The van der Waals surface area contributed by atoms with E-state index in [1.165, 1.54) is 0 Å². The number of pyridine rings is 1. The van der Waals surface area contributed by atoms with Crippen LogP contribution in [0.15, 0.2) is 47.3 Å². The molecule has 5 heteroatoms. The van der Waals surface area contributed by atoms with Gasteiger partial charge in [0.2, 0.25) is 5.88 Å². The van der Waals surface area contributed by atoms with Crippen LogP contribution in [0, 0.1) is 0 Å². The molecule has 4 nitrogen and oxygen atoms in total. The Morgan fingerprint density at radius 3 is 2.67 bits per heavy atom. The molecule has 0 aliphatic carbocycles. The lowest BCUT2D eigenvalue weighted by Crippen LogP contribution is -1.90. The number of hydrogen-bond acceptors (Lipinski definition) is 3. The molecule has 0 unspecified atom stereocenters. The second-order valence-corrected chi connectivity index (χ2v) is 4.81. The van der Waals surface area contributed by atoms with Crippen molar-refractivity contribution >= 4 is 27.0 Å². The first-order chi connectivity index (χ1) is 8.74. The van der Waals surface area contributed by atoms with Gasteiger partial charge in [0.15, 0.2) is 5.52 Å². The fourth-order valence-electron chi connectivity index (χ4n) is 1.73. The van der Waals surface area contributed by atoms with Crippen LogP contribution in [0.3, 0.4) is 0 Å². The van der Waals surface area contributed by atoms with Crippen molar-refractivity contribution in [2.45, 2.75) is 0 Å². The maximum Gasteiger partial charge on any atom is 0.247 e. The maximum absolute atomic E-state index is 5.75. The SMILES string of the molecule is Cn1cnc2c(Oc3ccc(Br)cc3)nccc21. The van der Waals surface area contributed by atoms with E-state index in [0.29, 0.717) is 5.88 Å². The predicted molar refractivity (Wildman–Crippen MR) is 72.7 cm³/mol. The highest BCUT2D eigenvalue weighted by atomic mass is 79.9. The Balaban J connectivity index is 2.02. The molecular weight excluding hydrogens is 294 g/mol. The van der Waals surface area contributed by atoms with Gasteiger partial charge in [0, 0.05) is 17.7 Å². The summed E-state index contributed by atoms with van der Waals surface area (Å²) in [7, 11) is 1.94. The molecule has 2 heterocycles. The smallest absolute Gasteiger partial charge is 0.247 e. The highest BCUT2D eigenvalue weighted by Crippen LogP contribution is 2.26. The van der Waals surface area contributed by atoms with Gasteiger partial charge in [-0.05, 0) is 30.3 Å². The van der Waals surface area contributed by atoms with E-state index in [1.54, 1.807) is 12.5 Å². The average molecular weight is 304 g/mol. The molecule has 0 amide bonds. The first-order valence-corrected chi connectivity index (χ1v) is 6.23. The number of nitrogens with zero attached hydrogens (tertiary/aromatic N) is 3. The Morgan fingerprint density at radius 2 is 1.89 bits per heavy atom. The standard InChI is InChI=1S/C13H10BrN3O/c1-17-8-16-12-11(17)6-7-15-13(12)18-10-4-2-9(14)3-5-10/h2-8H,1H3. The van der Waals surface area contributed by atoms with Gasteiger partial charge < -0.3 is 9.30 Å². The third-order valence-corrected chi connectivity index (χ3v) is 3.17. The number of benzene rings is 1. The fraction of sp³-hybridized carbons (Fsp3) is 0.0769. The van der Waals surface area contributed by atoms with Crippen LogP contribution in [-0.4, -0.2) is 14.5 Å². The number of rotatable bonds is 2. The molecule has 2 aromatic heterocycles. The maximum atomic E-state index is 5.75. The molecule has 1 aromatic carbocycles. The van der Waals surface area contributed by atoms with E-state index in [-0.39, 0.29) is 0 Å². The second kappa shape index (κ2) is 4.42. The van der Waals surface area contributed by atoms with Crippen LogP contribution < -0.4 is 4.74 Å². The molecule has 0 atom stereocenters. The summed E-state index contributed by atoms with van der Waals surface area (Å²) in [5.74, 6) is 1.26. The van der Waals surface area contributed by atoms with E-state index in [1.807, 2.05) is 41.9 Å². The number of halogens is 1. The van der Waals surface area contributed by atoms with E-state index in [4.69, 9.17) is 4.74 Å². The number of imidazole rings is 1. The molecule has 0 fully saturated rings.